The van der Waals surface area contributed by atoms with E-state index in [1.54, 1.807) is 13.0 Å². The molecule has 0 spiro atoms. The lowest BCUT2D eigenvalue weighted by atomic mass is 10.1. The molecule has 2 nitrogen and oxygen atoms in total. The van der Waals surface area contributed by atoms with Gasteiger partial charge in [-0.15, -0.1) is 0 Å². The predicted molar refractivity (Wildman–Crippen MR) is 72.3 cm³/mol. The molecule has 0 aliphatic heterocycles. The Hall–Kier alpha value is -1.21. The van der Waals surface area contributed by atoms with Gasteiger partial charge in [-0.2, -0.15) is 13.2 Å². The highest BCUT2D eigenvalue weighted by atomic mass is 79.9. The molecule has 1 N–H and O–H groups in total. The molecular formula is C12H8BrF3N2S. The second-order valence-corrected chi connectivity index (χ2v) is 5.09. The summed E-state index contributed by atoms with van der Waals surface area (Å²) >= 11 is 8.29. The number of alkyl halides is 3. The Morgan fingerprint density at radius 2 is 2.00 bits per heavy atom. The van der Waals surface area contributed by atoms with Crippen molar-refractivity contribution in [1.82, 2.24) is 9.97 Å². The van der Waals surface area contributed by atoms with E-state index in [0.29, 0.717) is 26.2 Å². The molecule has 0 amide bonds. The zero-order chi connectivity index (χ0) is 14.2. The molecule has 0 atom stereocenters. The van der Waals surface area contributed by atoms with Gasteiger partial charge in [-0.25, -0.2) is 4.98 Å². The summed E-state index contributed by atoms with van der Waals surface area (Å²) in [6, 6.07) is 4.95. The highest BCUT2D eigenvalue weighted by Gasteiger charge is 2.30. The van der Waals surface area contributed by atoms with Gasteiger partial charge >= 0.3 is 6.18 Å². The number of hydrogen-bond acceptors (Lipinski definition) is 2. The van der Waals surface area contributed by atoms with Gasteiger partial charge in [0, 0.05) is 11.3 Å². The number of aryl methyl sites for hydroxylation is 1. The second-order valence-electron chi connectivity index (χ2n) is 3.91. The minimum absolute atomic E-state index is 0.309. The first-order valence-electron chi connectivity index (χ1n) is 5.23. The van der Waals surface area contributed by atoms with Crippen molar-refractivity contribution in [2.45, 2.75) is 13.1 Å². The number of H-pyrrole nitrogens is 1. The Morgan fingerprint density at radius 1 is 1.32 bits per heavy atom. The van der Waals surface area contributed by atoms with E-state index in [0.717, 1.165) is 12.1 Å². The Labute approximate surface area is 120 Å². The minimum atomic E-state index is -4.38. The molecule has 0 saturated carbocycles. The number of rotatable bonds is 1. The monoisotopic (exact) mass is 348 g/mol. The Kier molecular flexibility index (Phi) is 3.78. The molecule has 7 heteroatoms. The van der Waals surface area contributed by atoms with Gasteiger partial charge in [0.15, 0.2) is 0 Å². The first-order valence-corrected chi connectivity index (χ1v) is 6.43. The fraction of sp³-hybridized carbons (Fsp3) is 0.167. The number of nitrogens with zero attached hydrogens (tertiary/aromatic N) is 1. The lowest BCUT2D eigenvalue weighted by Gasteiger charge is -2.09. The summed E-state index contributed by atoms with van der Waals surface area (Å²) in [5.74, 6) is 0.316. The highest BCUT2D eigenvalue weighted by molar-refractivity contribution is 9.10. The van der Waals surface area contributed by atoms with Gasteiger partial charge < -0.3 is 4.98 Å². The van der Waals surface area contributed by atoms with Gasteiger partial charge in [-0.3, -0.25) is 0 Å². The van der Waals surface area contributed by atoms with Crippen LogP contribution in [0.25, 0.3) is 11.4 Å². The standard InChI is InChI=1S/C12H8BrF3N2S/c1-6-9(13)11(19)18-10(17-6)7-3-2-4-8(5-7)12(14,15)16/h2-5H,1H3,(H,17,18,19). The van der Waals surface area contributed by atoms with Crippen molar-refractivity contribution in [1.29, 1.82) is 0 Å². The first-order chi connectivity index (χ1) is 8.79. The predicted octanol–water partition coefficient (Wildman–Crippen LogP) is 4.90. The third kappa shape index (κ3) is 3.03. The summed E-state index contributed by atoms with van der Waals surface area (Å²) in [6.45, 7) is 1.76. The van der Waals surface area contributed by atoms with E-state index >= 15 is 0 Å². The number of benzene rings is 1. The van der Waals surface area contributed by atoms with Crippen molar-refractivity contribution in [3.8, 4) is 11.4 Å². The van der Waals surface area contributed by atoms with Crippen LogP contribution in [-0.4, -0.2) is 9.97 Å². The molecule has 19 heavy (non-hydrogen) atoms. The van der Waals surface area contributed by atoms with E-state index in [-0.39, 0.29) is 0 Å². The van der Waals surface area contributed by atoms with Gasteiger partial charge in [-0.05, 0) is 35.0 Å². The average Bonchev–Trinajstić information content (AvgIpc) is 2.34. The van der Waals surface area contributed by atoms with Crippen LogP contribution in [0.1, 0.15) is 11.3 Å². The fourth-order valence-corrected chi connectivity index (χ4v) is 1.98. The number of aromatic nitrogens is 2. The lowest BCUT2D eigenvalue weighted by Crippen LogP contribution is -2.05. The van der Waals surface area contributed by atoms with E-state index in [4.69, 9.17) is 12.2 Å². The lowest BCUT2D eigenvalue weighted by molar-refractivity contribution is -0.137. The summed E-state index contributed by atoms with van der Waals surface area (Å²) in [5, 5.41) is 0. The van der Waals surface area contributed by atoms with Gasteiger partial charge in [0.2, 0.25) is 0 Å². The van der Waals surface area contributed by atoms with E-state index in [1.165, 1.54) is 6.07 Å². The Morgan fingerprint density at radius 3 is 2.58 bits per heavy atom. The summed E-state index contributed by atoms with van der Waals surface area (Å²) in [5.41, 5.74) is 0.343. The van der Waals surface area contributed by atoms with Crippen LogP contribution in [0, 0.1) is 11.6 Å². The summed E-state index contributed by atoms with van der Waals surface area (Å²) in [7, 11) is 0. The highest BCUT2D eigenvalue weighted by Crippen LogP contribution is 2.31. The number of aromatic amines is 1. The Bertz CT molecular complexity index is 679. The van der Waals surface area contributed by atoms with Gasteiger partial charge in [-0.1, -0.05) is 24.4 Å². The molecule has 2 aromatic rings. The van der Waals surface area contributed by atoms with Crippen molar-refractivity contribution >= 4 is 28.1 Å². The molecule has 2 rings (SSSR count). The van der Waals surface area contributed by atoms with Crippen LogP contribution in [0.2, 0.25) is 0 Å². The average molecular weight is 349 g/mol. The van der Waals surface area contributed by atoms with Crippen molar-refractivity contribution < 1.29 is 13.2 Å². The van der Waals surface area contributed by atoms with Gasteiger partial charge in [0.1, 0.15) is 10.5 Å². The van der Waals surface area contributed by atoms with E-state index in [9.17, 15) is 13.2 Å². The maximum absolute atomic E-state index is 12.6. The van der Waals surface area contributed by atoms with Crippen molar-refractivity contribution in [3.63, 3.8) is 0 Å². The van der Waals surface area contributed by atoms with Crippen molar-refractivity contribution in [3.05, 3.63) is 44.6 Å². The number of nitrogens with one attached hydrogen (secondary N) is 1. The van der Waals surface area contributed by atoms with Crippen molar-refractivity contribution in [2.75, 3.05) is 0 Å². The Balaban J connectivity index is 2.57. The molecule has 0 radical (unpaired) electrons. The minimum Gasteiger partial charge on any atom is -0.342 e. The molecule has 0 aliphatic rings. The zero-order valence-corrected chi connectivity index (χ0v) is 12.1. The molecule has 1 aromatic carbocycles. The van der Waals surface area contributed by atoms with Gasteiger partial charge in [0.05, 0.1) is 10.0 Å². The van der Waals surface area contributed by atoms with Crippen molar-refractivity contribution in [2.24, 2.45) is 0 Å². The quantitative estimate of drug-likeness (QED) is 0.742. The van der Waals surface area contributed by atoms with Crippen LogP contribution in [0.15, 0.2) is 28.7 Å². The SMILES string of the molecule is Cc1[nH]c(-c2cccc(C(F)(F)F)c2)nc(=S)c1Br. The first kappa shape index (κ1) is 14.2. The molecular weight excluding hydrogens is 341 g/mol. The van der Waals surface area contributed by atoms with Crippen LogP contribution in [0.4, 0.5) is 13.2 Å². The van der Waals surface area contributed by atoms with E-state index < -0.39 is 11.7 Å². The summed E-state index contributed by atoms with van der Waals surface area (Å²) in [4.78, 5) is 6.99. The van der Waals surface area contributed by atoms with Gasteiger partial charge in [0.25, 0.3) is 0 Å². The second kappa shape index (κ2) is 5.05. The molecule has 1 aromatic heterocycles. The molecule has 100 valence electrons. The number of halogens is 4. The third-order valence-corrected chi connectivity index (χ3v) is 4.03. The topological polar surface area (TPSA) is 28.7 Å². The van der Waals surface area contributed by atoms with E-state index in [1.807, 2.05) is 0 Å². The smallest absolute Gasteiger partial charge is 0.342 e. The summed E-state index contributed by atoms with van der Waals surface area (Å²) < 4.78 is 38.9. The van der Waals surface area contributed by atoms with Crippen LogP contribution < -0.4 is 0 Å². The molecule has 0 fully saturated rings. The maximum atomic E-state index is 12.6. The van der Waals surface area contributed by atoms with E-state index in [2.05, 4.69) is 25.9 Å². The molecule has 1 heterocycles. The number of hydrogen-bond donors (Lipinski definition) is 1. The largest absolute Gasteiger partial charge is 0.416 e. The molecule has 0 unspecified atom stereocenters. The van der Waals surface area contributed by atoms with Crippen LogP contribution in [-0.2, 0) is 6.18 Å². The third-order valence-electron chi connectivity index (χ3n) is 2.50. The molecule has 0 aliphatic carbocycles. The molecule has 0 bridgehead atoms. The summed E-state index contributed by atoms with van der Waals surface area (Å²) in [6.07, 6.45) is -4.38. The normalized spacial score (nSPS) is 11.6. The maximum Gasteiger partial charge on any atom is 0.416 e. The molecule has 0 saturated heterocycles. The van der Waals surface area contributed by atoms with Crippen LogP contribution >= 0.6 is 28.1 Å². The zero-order valence-electron chi connectivity index (χ0n) is 9.68. The van der Waals surface area contributed by atoms with Crippen LogP contribution in [0.3, 0.4) is 0 Å². The fourth-order valence-electron chi connectivity index (χ4n) is 1.55. The van der Waals surface area contributed by atoms with Crippen LogP contribution in [0.5, 0.6) is 0 Å².